The molecule has 1 unspecified atom stereocenters. The molecule has 1 aliphatic heterocycles. The van der Waals surface area contributed by atoms with Gasteiger partial charge < -0.3 is 9.15 Å². The first kappa shape index (κ1) is 12.1. The third kappa shape index (κ3) is 2.29. The Bertz CT molecular complexity index is 565. The maximum atomic E-state index is 6.43. The van der Waals surface area contributed by atoms with Gasteiger partial charge in [0.15, 0.2) is 4.67 Å². The maximum absolute atomic E-state index is 6.43. The first-order valence-electron chi connectivity index (χ1n) is 5.89. The number of benzene rings is 1. The van der Waals surface area contributed by atoms with Crippen molar-refractivity contribution >= 4 is 27.5 Å². The van der Waals surface area contributed by atoms with E-state index in [4.69, 9.17) is 20.8 Å². The molecule has 0 bridgehead atoms. The van der Waals surface area contributed by atoms with Crippen LogP contribution in [0.5, 0.6) is 5.75 Å². The van der Waals surface area contributed by atoms with E-state index >= 15 is 0 Å². The monoisotopic (exact) mass is 326 g/mol. The summed E-state index contributed by atoms with van der Waals surface area (Å²) in [5.41, 5.74) is 2.28. The van der Waals surface area contributed by atoms with Gasteiger partial charge in [0, 0.05) is 0 Å². The fraction of sp³-hybridized carbons (Fsp3) is 0.286. The van der Waals surface area contributed by atoms with Crippen LogP contribution in [0.2, 0.25) is 0 Å². The lowest BCUT2D eigenvalue weighted by molar-refractivity contribution is 0.288. The van der Waals surface area contributed by atoms with Crippen LogP contribution in [-0.4, -0.2) is 6.61 Å². The third-order valence-electron chi connectivity index (χ3n) is 3.07. The van der Waals surface area contributed by atoms with Gasteiger partial charge in [-0.25, -0.2) is 0 Å². The summed E-state index contributed by atoms with van der Waals surface area (Å²) < 4.78 is 11.8. The lowest BCUT2D eigenvalue weighted by Crippen LogP contribution is -2.08. The largest absolute Gasteiger partial charge is 0.493 e. The SMILES string of the molecule is ClC(c1ccc2c(c1)CCCO2)c1ccc(Br)o1. The molecule has 1 aliphatic rings. The number of aryl methyl sites for hydroxylation is 1. The Hall–Kier alpha value is -0.930. The standard InChI is InChI=1S/C14H12BrClO2/c15-13-6-5-12(18-13)14(16)10-3-4-11-9(8-10)2-1-7-17-11/h3-6,8,14H,1-2,7H2. The molecule has 0 amide bonds. The summed E-state index contributed by atoms with van der Waals surface area (Å²) in [6.45, 7) is 0.807. The van der Waals surface area contributed by atoms with E-state index < -0.39 is 0 Å². The van der Waals surface area contributed by atoms with Crippen LogP contribution in [0.15, 0.2) is 39.4 Å². The average Bonchev–Trinajstić information content (AvgIpc) is 2.84. The van der Waals surface area contributed by atoms with Gasteiger partial charge in [-0.3, -0.25) is 0 Å². The van der Waals surface area contributed by atoms with Crippen molar-refractivity contribution in [1.82, 2.24) is 0 Å². The Morgan fingerprint density at radius 1 is 1.22 bits per heavy atom. The molecule has 2 heterocycles. The number of hydrogen-bond acceptors (Lipinski definition) is 2. The predicted octanol–water partition coefficient (Wildman–Crippen LogP) is 4.70. The van der Waals surface area contributed by atoms with Crippen LogP contribution < -0.4 is 4.74 Å². The van der Waals surface area contributed by atoms with E-state index in [-0.39, 0.29) is 5.38 Å². The summed E-state index contributed by atoms with van der Waals surface area (Å²) in [6, 6.07) is 9.85. The summed E-state index contributed by atoms with van der Waals surface area (Å²) >= 11 is 9.72. The highest BCUT2D eigenvalue weighted by molar-refractivity contribution is 9.10. The van der Waals surface area contributed by atoms with Crippen molar-refractivity contribution in [2.45, 2.75) is 18.2 Å². The summed E-state index contributed by atoms with van der Waals surface area (Å²) in [4.78, 5) is 0. The van der Waals surface area contributed by atoms with E-state index in [1.807, 2.05) is 24.3 Å². The summed E-state index contributed by atoms with van der Waals surface area (Å²) in [7, 11) is 0. The summed E-state index contributed by atoms with van der Waals surface area (Å²) in [5.74, 6) is 1.73. The van der Waals surface area contributed by atoms with Gasteiger partial charge in [-0.1, -0.05) is 12.1 Å². The van der Waals surface area contributed by atoms with E-state index in [0.29, 0.717) is 4.67 Å². The number of furan rings is 1. The zero-order chi connectivity index (χ0) is 12.5. The smallest absolute Gasteiger partial charge is 0.169 e. The van der Waals surface area contributed by atoms with Crippen LogP contribution in [-0.2, 0) is 6.42 Å². The highest BCUT2D eigenvalue weighted by Crippen LogP contribution is 2.35. The molecule has 0 saturated carbocycles. The average molecular weight is 328 g/mol. The van der Waals surface area contributed by atoms with Crippen molar-refractivity contribution in [3.8, 4) is 5.75 Å². The molecule has 94 valence electrons. The number of fused-ring (bicyclic) bond motifs is 1. The molecule has 2 nitrogen and oxygen atoms in total. The van der Waals surface area contributed by atoms with Crippen molar-refractivity contribution in [1.29, 1.82) is 0 Å². The van der Waals surface area contributed by atoms with E-state index in [9.17, 15) is 0 Å². The normalized spacial score (nSPS) is 15.9. The molecule has 0 radical (unpaired) electrons. The van der Waals surface area contributed by atoms with Gasteiger partial charge >= 0.3 is 0 Å². The van der Waals surface area contributed by atoms with Crippen molar-refractivity contribution in [2.75, 3.05) is 6.61 Å². The van der Waals surface area contributed by atoms with Crippen molar-refractivity contribution in [2.24, 2.45) is 0 Å². The number of halogens is 2. The highest BCUT2D eigenvalue weighted by atomic mass is 79.9. The van der Waals surface area contributed by atoms with Gasteiger partial charge in [-0.15, -0.1) is 11.6 Å². The second kappa shape index (κ2) is 4.98. The van der Waals surface area contributed by atoms with Crippen LogP contribution >= 0.6 is 27.5 Å². The first-order chi connectivity index (χ1) is 8.74. The van der Waals surface area contributed by atoms with Gasteiger partial charge in [0.25, 0.3) is 0 Å². The topological polar surface area (TPSA) is 22.4 Å². The van der Waals surface area contributed by atoms with E-state index in [0.717, 1.165) is 36.5 Å². The minimum absolute atomic E-state index is 0.261. The fourth-order valence-corrected chi connectivity index (χ4v) is 2.74. The molecule has 1 aromatic heterocycles. The molecule has 0 spiro atoms. The van der Waals surface area contributed by atoms with Gasteiger partial charge in [-0.05, 0) is 58.1 Å². The Morgan fingerprint density at radius 3 is 2.89 bits per heavy atom. The van der Waals surface area contributed by atoms with Gasteiger partial charge in [-0.2, -0.15) is 0 Å². The van der Waals surface area contributed by atoms with E-state index in [1.54, 1.807) is 0 Å². The van der Waals surface area contributed by atoms with E-state index in [2.05, 4.69) is 22.0 Å². The maximum Gasteiger partial charge on any atom is 0.169 e. The number of ether oxygens (including phenoxy) is 1. The quantitative estimate of drug-likeness (QED) is 0.746. The number of alkyl halides is 1. The minimum Gasteiger partial charge on any atom is -0.493 e. The lowest BCUT2D eigenvalue weighted by atomic mass is 10.0. The van der Waals surface area contributed by atoms with Crippen molar-refractivity contribution < 1.29 is 9.15 Å². The molecule has 4 heteroatoms. The van der Waals surface area contributed by atoms with Crippen LogP contribution in [0.25, 0.3) is 0 Å². The minimum atomic E-state index is -0.261. The zero-order valence-corrected chi connectivity index (χ0v) is 12.0. The zero-order valence-electron chi connectivity index (χ0n) is 9.66. The van der Waals surface area contributed by atoms with Crippen molar-refractivity contribution in [3.05, 3.63) is 51.9 Å². The Balaban J connectivity index is 1.92. The Morgan fingerprint density at radius 2 is 2.11 bits per heavy atom. The highest BCUT2D eigenvalue weighted by Gasteiger charge is 2.18. The van der Waals surface area contributed by atoms with Crippen LogP contribution in [0.3, 0.4) is 0 Å². The molecule has 2 aromatic rings. The van der Waals surface area contributed by atoms with Crippen LogP contribution in [0.1, 0.15) is 28.7 Å². The number of hydrogen-bond donors (Lipinski definition) is 0. The first-order valence-corrected chi connectivity index (χ1v) is 7.12. The molecule has 0 fully saturated rings. The molecule has 0 N–H and O–H groups in total. The summed E-state index contributed by atoms with van der Waals surface area (Å²) in [5, 5.41) is -0.261. The summed E-state index contributed by atoms with van der Waals surface area (Å²) in [6.07, 6.45) is 2.12. The van der Waals surface area contributed by atoms with Gasteiger partial charge in [0.1, 0.15) is 16.9 Å². The number of rotatable bonds is 2. The van der Waals surface area contributed by atoms with Crippen LogP contribution in [0, 0.1) is 0 Å². The van der Waals surface area contributed by atoms with Crippen molar-refractivity contribution in [3.63, 3.8) is 0 Å². The van der Waals surface area contributed by atoms with Gasteiger partial charge in [0.05, 0.1) is 6.61 Å². The van der Waals surface area contributed by atoms with Gasteiger partial charge in [0.2, 0.25) is 0 Å². The molecular formula is C14H12BrClO2. The molecule has 18 heavy (non-hydrogen) atoms. The fourth-order valence-electron chi connectivity index (χ4n) is 2.17. The lowest BCUT2D eigenvalue weighted by Gasteiger charge is -2.18. The molecule has 3 rings (SSSR count). The van der Waals surface area contributed by atoms with Crippen LogP contribution in [0.4, 0.5) is 0 Å². The second-order valence-electron chi connectivity index (χ2n) is 4.32. The molecule has 1 atom stereocenters. The predicted molar refractivity (Wildman–Crippen MR) is 74.4 cm³/mol. The molecular weight excluding hydrogens is 316 g/mol. The Kier molecular flexibility index (Phi) is 3.35. The molecule has 0 saturated heterocycles. The molecule has 1 aromatic carbocycles. The molecule has 0 aliphatic carbocycles. The Labute approximate surface area is 119 Å². The van der Waals surface area contributed by atoms with E-state index in [1.165, 1.54) is 5.56 Å². The third-order valence-corrected chi connectivity index (χ3v) is 3.96. The second-order valence-corrected chi connectivity index (χ2v) is 5.54.